The first-order valence-electron chi connectivity index (χ1n) is 7.69. The molecule has 0 unspecified atom stereocenters. The molecule has 2 aromatic heterocycles. The van der Waals surface area contributed by atoms with Crippen LogP contribution in [0, 0.1) is 6.92 Å². The van der Waals surface area contributed by atoms with Gasteiger partial charge in [0, 0.05) is 24.0 Å². The van der Waals surface area contributed by atoms with Crippen molar-refractivity contribution >= 4 is 17.2 Å². The number of amides is 1. The van der Waals surface area contributed by atoms with E-state index >= 15 is 0 Å². The molecule has 5 heteroatoms. The van der Waals surface area contributed by atoms with Crippen molar-refractivity contribution in [2.75, 3.05) is 18.1 Å². The summed E-state index contributed by atoms with van der Waals surface area (Å²) in [6, 6.07) is 11.9. The number of benzene rings is 1. The first kappa shape index (κ1) is 13.8. The van der Waals surface area contributed by atoms with E-state index in [4.69, 9.17) is 4.74 Å². The largest absolute Gasteiger partial charge is 0.482 e. The lowest BCUT2D eigenvalue weighted by Crippen LogP contribution is -2.38. The van der Waals surface area contributed by atoms with E-state index in [1.807, 2.05) is 43.5 Å². The van der Waals surface area contributed by atoms with Crippen molar-refractivity contribution in [3.63, 3.8) is 0 Å². The standard InChI is InChI=1S/C18H17N3O2/c1-3-20-15-9-13(7-8-16(15)23-11-18(20)22)14-10-21-12(2)5-4-6-17(21)19-14/h4-10H,3,11H2,1-2H3. The number of aryl methyl sites for hydroxylation is 1. The van der Waals surface area contributed by atoms with E-state index in [0.29, 0.717) is 6.54 Å². The number of rotatable bonds is 2. The van der Waals surface area contributed by atoms with Crippen LogP contribution in [0.3, 0.4) is 0 Å². The van der Waals surface area contributed by atoms with Gasteiger partial charge < -0.3 is 14.0 Å². The van der Waals surface area contributed by atoms with Gasteiger partial charge in [0.2, 0.25) is 0 Å². The highest BCUT2D eigenvalue weighted by Gasteiger charge is 2.24. The number of pyridine rings is 1. The molecule has 0 aliphatic carbocycles. The summed E-state index contributed by atoms with van der Waals surface area (Å²) in [6.07, 6.45) is 2.02. The van der Waals surface area contributed by atoms with E-state index in [9.17, 15) is 4.79 Å². The van der Waals surface area contributed by atoms with Gasteiger partial charge in [-0.1, -0.05) is 6.07 Å². The zero-order valence-corrected chi connectivity index (χ0v) is 13.1. The predicted molar refractivity (Wildman–Crippen MR) is 88.9 cm³/mol. The number of hydrogen-bond donors (Lipinski definition) is 0. The van der Waals surface area contributed by atoms with Crippen molar-refractivity contribution in [1.82, 2.24) is 9.38 Å². The van der Waals surface area contributed by atoms with Gasteiger partial charge in [0.1, 0.15) is 11.4 Å². The molecule has 4 rings (SSSR count). The van der Waals surface area contributed by atoms with Crippen LogP contribution in [-0.2, 0) is 4.79 Å². The third kappa shape index (κ3) is 2.16. The van der Waals surface area contributed by atoms with Crippen LogP contribution in [0.25, 0.3) is 16.9 Å². The molecule has 0 saturated carbocycles. The molecule has 3 heterocycles. The van der Waals surface area contributed by atoms with Crippen LogP contribution in [0.5, 0.6) is 5.75 Å². The number of likely N-dealkylation sites (N-methyl/N-ethyl adjacent to an activating group) is 1. The first-order chi connectivity index (χ1) is 11.2. The minimum absolute atomic E-state index is 0.0111. The lowest BCUT2D eigenvalue weighted by Gasteiger charge is -2.28. The molecule has 0 radical (unpaired) electrons. The number of anilines is 1. The number of imidazole rings is 1. The number of aromatic nitrogens is 2. The Balaban J connectivity index is 1.84. The monoisotopic (exact) mass is 307 g/mol. The third-order valence-electron chi connectivity index (χ3n) is 4.21. The highest BCUT2D eigenvalue weighted by molar-refractivity contribution is 5.98. The second-order valence-corrected chi connectivity index (χ2v) is 5.63. The Labute approximate surface area is 134 Å². The Bertz CT molecular complexity index is 914. The Morgan fingerprint density at radius 2 is 2.13 bits per heavy atom. The molecule has 3 aromatic rings. The third-order valence-corrected chi connectivity index (χ3v) is 4.21. The van der Waals surface area contributed by atoms with E-state index in [-0.39, 0.29) is 12.5 Å². The second kappa shape index (κ2) is 5.12. The second-order valence-electron chi connectivity index (χ2n) is 5.63. The van der Waals surface area contributed by atoms with Crippen LogP contribution < -0.4 is 9.64 Å². The van der Waals surface area contributed by atoms with Gasteiger partial charge in [-0.25, -0.2) is 4.98 Å². The molecular weight excluding hydrogens is 290 g/mol. The van der Waals surface area contributed by atoms with Crippen molar-refractivity contribution in [2.24, 2.45) is 0 Å². The molecule has 0 saturated heterocycles. The summed E-state index contributed by atoms with van der Waals surface area (Å²) in [6.45, 7) is 4.75. The Hall–Kier alpha value is -2.82. The summed E-state index contributed by atoms with van der Waals surface area (Å²) in [5, 5.41) is 0. The van der Waals surface area contributed by atoms with Gasteiger partial charge in [-0.3, -0.25) is 4.79 Å². The Morgan fingerprint density at radius 3 is 2.91 bits per heavy atom. The summed E-state index contributed by atoms with van der Waals surface area (Å²) in [7, 11) is 0. The molecule has 0 spiro atoms. The molecule has 0 fully saturated rings. The molecule has 5 nitrogen and oxygen atoms in total. The van der Waals surface area contributed by atoms with Crippen molar-refractivity contribution in [1.29, 1.82) is 0 Å². The minimum Gasteiger partial charge on any atom is -0.482 e. The Morgan fingerprint density at radius 1 is 1.26 bits per heavy atom. The van der Waals surface area contributed by atoms with Crippen LogP contribution in [-0.4, -0.2) is 28.4 Å². The molecule has 1 aliphatic heterocycles. The van der Waals surface area contributed by atoms with Crippen molar-refractivity contribution < 1.29 is 9.53 Å². The van der Waals surface area contributed by atoms with Crippen LogP contribution in [0.4, 0.5) is 5.69 Å². The van der Waals surface area contributed by atoms with E-state index in [0.717, 1.165) is 34.0 Å². The number of nitrogens with zero attached hydrogens (tertiary/aromatic N) is 3. The molecule has 23 heavy (non-hydrogen) atoms. The fraction of sp³-hybridized carbons (Fsp3) is 0.222. The quantitative estimate of drug-likeness (QED) is 0.731. The highest BCUT2D eigenvalue weighted by Crippen LogP contribution is 2.35. The maximum Gasteiger partial charge on any atom is 0.265 e. The molecular formula is C18H17N3O2. The number of ether oxygens (including phenoxy) is 1. The van der Waals surface area contributed by atoms with Gasteiger partial charge in [-0.15, -0.1) is 0 Å². The van der Waals surface area contributed by atoms with Crippen molar-refractivity contribution in [3.8, 4) is 17.0 Å². The maximum absolute atomic E-state index is 12.0. The van der Waals surface area contributed by atoms with Gasteiger partial charge >= 0.3 is 0 Å². The van der Waals surface area contributed by atoms with E-state index in [2.05, 4.69) is 22.4 Å². The van der Waals surface area contributed by atoms with Crippen molar-refractivity contribution in [3.05, 3.63) is 48.3 Å². The molecule has 0 N–H and O–H groups in total. The average Bonchev–Trinajstić information content (AvgIpc) is 3.00. The number of carbonyl (C=O) groups excluding carboxylic acids is 1. The SMILES string of the molecule is CCN1C(=O)COc2ccc(-c3cn4c(C)cccc4n3)cc21. The van der Waals surface area contributed by atoms with Gasteiger partial charge in [-0.2, -0.15) is 0 Å². The predicted octanol–water partition coefficient (Wildman–Crippen LogP) is 3.06. The lowest BCUT2D eigenvalue weighted by atomic mass is 10.1. The zero-order valence-electron chi connectivity index (χ0n) is 13.1. The fourth-order valence-corrected chi connectivity index (χ4v) is 3.00. The lowest BCUT2D eigenvalue weighted by molar-refractivity contribution is -0.121. The molecule has 116 valence electrons. The summed E-state index contributed by atoms with van der Waals surface area (Å²) >= 11 is 0. The van der Waals surface area contributed by atoms with Crippen LogP contribution in [0.2, 0.25) is 0 Å². The van der Waals surface area contributed by atoms with E-state index in [1.54, 1.807) is 4.90 Å². The number of fused-ring (bicyclic) bond motifs is 2. The Kier molecular flexibility index (Phi) is 3.08. The van der Waals surface area contributed by atoms with Crippen molar-refractivity contribution in [2.45, 2.75) is 13.8 Å². The van der Waals surface area contributed by atoms with E-state index < -0.39 is 0 Å². The van der Waals surface area contributed by atoms with E-state index in [1.165, 1.54) is 0 Å². The van der Waals surface area contributed by atoms with Gasteiger partial charge in [0.15, 0.2) is 6.61 Å². The zero-order chi connectivity index (χ0) is 16.0. The highest BCUT2D eigenvalue weighted by atomic mass is 16.5. The van der Waals surface area contributed by atoms with Crippen LogP contribution >= 0.6 is 0 Å². The molecule has 1 amide bonds. The maximum atomic E-state index is 12.0. The van der Waals surface area contributed by atoms with Crippen LogP contribution in [0.15, 0.2) is 42.6 Å². The fourth-order valence-electron chi connectivity index (χ4n) is 3.00. The summed E-state index contributed by atoms with van der Waals surface area (Å²) in [5.41, 5.74) is 4.72. The minimum atomic E-state index is -0.0111. The van der Waals surface area contributed by atoms with Crippen LogP contribution in [0.1, 0.15) is 12.6 Å². The topological polar surface area (TPSA) is 46.8 Å². The van der Waals surface area contributed by atoms with Gasteiger partial charge in [0.05, 0.1) is 11.4 Å². The molecule has 1 aliphatic rings. The number of hydrogen-bond acceptors (Lipinski definition) is 3. The molecule has 1 aromatic carbocycles. The summed E-state index contributed by atoms with van der Waals surface area (Å²) in [4.78, 5) is 18.4. The summed E-state index contributed by atoms with van der Waals surface area (Å²) in [5.74, 6) is 0.734. The number of carbonyl (C=O) groups is 1. The first-order valence-corrected chi connectivity index (χ1v) is 7.69. The molecule has 0 bridgehead atoms. The van der Waals surface area contributed by atoms with Gasteiger partial charge in [0.25, 0.3) is 5.91 Å². The summed E-state index contributed by atoms with van der Waals surface area (Å²) < 4.78 is 7.58. The normalized spacial score (nSPS) is 14.0. The molecule has 0 atom stereocenters. The van der Waals surface area contributed by atoms with Gasteiger partial charge in [-0.05, 0) is 44.2 Å². The smallest absolute Gasteiger partial charge is 0.265 e. The average molecular weight is 307 g/mol.